The van der Waals surface area contributed by atoms with Gasteiger partial charge in [-0.3, -0.25) is 9.89 Å². The third-order valence-corrected chi connectivity index (χ3v) is 3.43. The van der Waals surface area contributed by atoms with E-state index in [1.807, 2.05) is 13.0 Å². The molecule has 4 N–H and O–H groups in total. The summed E-state index contributed by atoms with van der Waals surface area (Å²) in [4.78, 5) is 11.9. The molecule has 0 bridgehead atoms. The van der Waals surface area contributed by atoms with Gasteiger partial charge in [-0.2, -0.15) is 5.10 Å². The zero-order chi connectivity index (χ0) is 14.5. The summed E-state index contributed by atoms with van der Waals surface area (Å²) in [6.07, 6.45) is 2.32. The highest BCUT2D eigenvalue weighted by Gasteiger charge is 2.24. The molecule has 108 valence electrons. The number of hydrogen-bond donors (Lipinski definition) is 3. The third-order valence-electron chi connectivity index (χ3n) is 3.43. The lowest BCUT2D eigenvalue weighted by molar-refractivity contribution is -0.116. The third kappa shape index (κ3) is 5.42. The maximum Gasteiger partial charge on any atom is 0.225 e. The second-order valence-electron chi connectivity index (χ2n) is 6.16. The maximum absolute atomic E-state index is 11.9. The van der Waals surface area contributed by atoms with Crippen LogP contribution in [-0.2, 0) is 4.79 Å². The molecule has 0 aromatic carbocycles. The molecule has 5 heteroatoms. The van der Waals surface area contributed by atoms with Crippen LogP contribution in [0.3, 0.4) is 0 Å². The molecule has 1 unspecified atom stereocenters. The number of amides is 1. The summed E-state index contributed by atoms with van der Waals surface area (Å²) in [6, 6.07) is 1.82. The summed E-state index contributed by atoms with van der Waals surface area (Å²) in [5, 5.41) is 9.59. The molecular formula is C14H26N4O. The summed E-state index contributed by atoms with van der Waals surface area (Å²) in [5.74, 6) is 1.07. The fraction of sp³-hybridized carbons (Fsp3) is 0.714. The molecule has 0 spiro atoms. The van der Waals surface area contributed by atoms with Crippen LogP contribution in [0.5, 0.6) is 0 Å². The Kier molecular flexibility index (Phi) is 5.54. The van der Waals surface area contributed by atoms with Crippen LogP contribution in [0.4, 0.5) is 5.82 Å². The number of carbonyl (C=O) groups is 1. The molecule has 1 aromatic rings. The number of anilines is 1. The van der Waals surface area contributed by atoms with Crippen molar-refractivity contribution in [3.63, 3.8) is 0 Å². The van der Waals surface area contributed by atoms with E-state index in [1.165, 1.54) is 0 Å². The number of carbonyl (C=O) groups excluding carboxylic acids is 1. The summed E-state index contributed by atoms with van der Waals surface area (Å²) >= 11 is 0. The Morgan fingerprint density at radius 3 is 2.63 bits per heavy atom. The van der Waals surface area contributed by atoms with Gasteiger partial charge in [0.1, 0.15) is 0 Å². The van der Waals surface area contributed by atoms with Crippen LogP contribution in [0, 0.1) is 18.3 Å². The first-order valence-electron chi connectivity index (χ1n) is 6.85. The number of rotatable bonds is 6. The Bertz CT molecular complexity index is 406. The molecule has 0 radical (unpaired) electrons. The van der Waals surface area contributed by atoms with Gasteiger partial charge in [-0.15, -0.1) is 0 Å². The topological polar surface area (TPSA) is 83.8 Å². The Balaban J connectivity index is 2.43. The average molecular weight is 266 g/mol. The SMILES string of the molecule is Cc1cc(NC(=O)CCC(CCN)C(C)(C)C)n[nH]1. The molecule has 1 heterocycles. The number of hydrogen-bond acceptors (Lipinski definition) is 3. The number of aryl methyl sites for hydroxylation is 1. The van der Waals surface area contributed by atoms with Crippen molar-refractivity contribution in [1.82, 2.24) is 10.2 Å². The first-order valence-corrected chi connectivity index (χ1v) is 6.85. The van der Waals surface area contributed by atoms with E-state index in [4.69, 9.17) is 5.73 Å². The van der Waals surface area contributed by atoms with Crippen LogP contribution in [-0.4, -0.2) is 22.6 Å². The molecule has 19 heavy (non-hydrogen) atoms. The number of nitrogens with one attached hydrogen (secondary N) is 2. The van der Waals surface area contributed by atoms with Crippen molar-refractivity contribution in [3.05, 3.63) is 11.8 Å². The van der Waals surface area contributed by atoms with Crippen molar-refractivity contribution in [2.45, 2.75) is 47.0 Å². The van der Waals surface area contributed by atoms with Crippen molar-refractivity contribution in [3.8, 4) is 0 Å². The van der Waals surface area contributed by atoms with E-state index in [2.05, 4.69) is 36.3 Å². The van der Waals surface area contributed by atoms with Crippen molar-refractivity contribution in [1.29, 1.82) is 0 Å². The molecule has 0 saturated heterocycles. The van der Waals surface area contributed by atoms with Gasteiger partial charge in [0.2, 0.25) is 5.91 Å². The largest absolute Gasteiger partial charge is 0.330 e. The van der Waals surface area contributed by atoms with Crippen molar-refractivity contribution >= 4 is 11.7 Å². The normalized spacial score (nSPS) is 13.3. The summed E-state index contributed by atoms with van der Waals surface area (Å²) in [5.41, 5.74) is 6.76. The number of nitrogens with zero attached hydrogens (tertiary/aromatic N) is 1. The van der Waals surface area contributed by atoms with Gasteiger partial charge in [-0.1, -0.05) is 20.8 Å². The summed E-state index contributed by atoms with van der Waals surface area (Å²) in [6.45, 7) is 9.16. The summed E-state index contributed by atoms with van der Waals surface area (Å²) < 4.78 is 0. The van der Waals surface area contributed by atoms with E-state index in [0.717, 1.165) is 18.5 Å². The van der Waals surface area contributed by atoms with Gasteiger partial charge in [0.25, 0.3) is 0 Å². The molecular weight excluding hydrogens is 240 g/mol. The molecule has 0 saturated carbocycles. The highest BCUT2D eigenvalue weighted by molar-refractivity contribution is 5.89. The van der Waals surface area contributed by atoms with Gasteiger partial charge >= 0.3 is 0 Å². The maximum atomic E-state index is 11.9. The monoisotopic (exact) mass is 266 g/mol. The number of H-pyrrole nitrogens is 1. The second-order valence-corrected chi connectivity index (χ2v) is 6.16. The van der Waals surface area contributed by atoms with Crippen molar-refractivity contribution < 1.29 is 4.79 Å². The molecule has 1 rings (SSSR count). The fourth-order valence-corrected chi connectivity index (χ4v) is 2.20. The molecule has 1 amide bonds. The minimum absolute atomic E-state index is 0.0118. The second kappa shape index (κ2) is 6.70. The molecule has 0 aliphatic heterocycles. The summed E-state index contributed by atoms with van der Waals surface area (Å²) in [7, 11) is 0. The Morgan fingerprint density at radius 1 is 1.47 bits per heavy atom. The van der Waals surface area contributed by atoms with Crippen LogP contribution in [0.1, 0.15) is 45.7 Å². The molecule has 1 aromatic heterocycles. The molecule has 0 fully saturated rings. The fourth-order valence-electron chi connectivity index (χ4n) is 2.20. The van der Waals surface area contributed by atoms with E-state index >= 15 is 0 Å². The van der Waals surface area contributed by atoms with Gasteiger partial charge in [-0.05, 0) is 37.6 Å². The predicted octanol–water partition coefficient (Wildman–Crippen LogP) is 2.45. The van der Waals surface area contributed by atoms with Crippen molar-refractivity contribution in [2.75, 3.05) is 11.9 Å². The lowest BCUT2D eigenvalue weighted by Crippen LogP contribution is -2.25. The molecule has 0 aliphatic rings. The van der Waals surface area contributed by atoms with Gasteiger partial charge in [0.15, 0.2) is 5.82 Å². The number of nitrogens with two attached hydrogens (primary N) is 1. The number of aromatic amines is 1. The molecule has 0 aliphatic carbocycles. The first-order chi connectivity index (χ1) is 8.82. The van der Waals surface area contributed by atoms with Crippen LogP contribution in [0.15, 0.2) is 6.07 Å². The van der Waals surface area contributed by atoms with Gasteiger partial charge in [0.05, 0.1) is 0 Å². The average Bonchev–Trinajstić information content (AvgIpc) is 2.68. The van der Waals surface area contributed by atoms with Crippen LogP contribution < -0.4 is 11.1 Å². The first kappa shape index (κ1) is 15.7. The van der Waals surface area contributed by atoms with Crippen LogP contribution in [0.25, 0.3) is 0 Å². The minimum Gasteiger partial charge on any atom is -0.330 e. The predicted molar refractivity (Wildman–Crippen MR) is 77.8 cm³/mol. The molecule has 1 atom stereocenters. The highest BCUT2D eigenvalue weighted by Crippen LogP contribution is 2.32. The standard InChI is InChI=1S/C14H26N4O/c1-10-9-12(18-17-10)16-13(19)6-5-11(7-8-15)14(2,3)4/h9,11H,5-8,15H2,1-4H3,(H2,16,17,18,19). The van der Waals surface area contributed by atoms with E-state index in [1.54, 1.807) is 0 Å². The highest BCUT2D eigenvalue weighted by atomic mass is 16.1. The lowest BCUT2D eigenvalue weighted by Gasteiger charge is -2.30. The Labute approximate surface area is 115 Å². The van der Waals surface area contributed by atoms with Crippen molar-refractivity contribution in [2.24, 2.45) is 17.1 Å². The van der Waals surface area contributed by atoms with E-state index in [9.17, 15) is 4.79 Å². The molecule has 5 nitrogen and oxygen atoms in total. The van der Waals surface area contributed by atoms with Gasteiger partial charge in [0, 0.05) is 18.2 Å². The van der Waals surface area contributed by atoms with E-state index in [-0.39, 0.29) is 11.3 Å². The van der Waals surface area contributed by atoms with E-state index in [0.29, 0.717) is 24.7 Å². The van der Waals surface area contributed by atoms with E-state index < -0.39 is 0 Å². The Morgan fingerprint density at radius 2 is 2.16 bits per heavy atom. The zero-order valence-electron chi connectivity index (χ0n) is 12.4. The smallest absolute Gasteiger partial charge is 0.225 e. The lowest BCUT2D eigenvalue weighted by atomic mass is 9.76. The van der Waals surface area contributed by atoms with Crippen LogP contribution in [0.2, 0.25) is 0 Å². The van der Waals surface area contributed by atoms with Crippen LogP contribution >= 0.6 is 0 Å². The minimum atomic E-state index is 0.0118. The quantitative estimate of drug-likeness (QED) is 0.739. The number of aromatic nitrogens is 2. The zero-order valence-corrected chi connectivity index (χ0v) is 12.4. The Hall–Kier alpha value is -1.36. The van der Waals surface area contributed by atoms with Gasteiger partial charge < -0.3 is 11.1 Å². The van der Waals surface area contributed by atoms with Gasteiger partial charge in [-0.25, -0.2) is 0 Å².